The van der Waals surface area contributed by atoms with Crippen molar-refractivity contribution in [1.29, 1.82) is 0 Å². The molecule has 2 fully saturated rings. The van der Waals surface area contributed by atoms with Gasteiger partial charge in [-0.15, -0.1) is 5.92 Å². The number of fused-ring (bicyclic) bond motifs is 2. The van der Waals surface area contributed by atoms with Crippen LogP contribution in [0.4, 0.5) is 0 Å². The standard InChI is InChI=1S/C9H16N.C4H5O.U/c1-6(2)8-5-7-3-4-9(8)10-7;1-4(2)3-5;/h7-10H,3-5H2,1-2H3;1H2,2H3;/q2*-1;+2. The van der Waals surface area contributed by atoms with Gasteiger partial charge in [0.05, 0.1) is 0 Å². The van der Waals surface area contributed by atoms with Gasteiger partial charge in [0.25, 0.3) is 0 Å². The summed E-state index contributed by atoms with van der Waals surface area (Å²) in [5.74, 6) is 2.53. The number of nitrogens with one attached hydrogen (secondary N) is 1. The summed E-state index contributed by atoms with van der Waals surface area (Å²) in [5, 5.41) is 3.64. The SMILES string of the molecule is C=C(C)[C-]=O.C[C-](C)C1CC2CCC1N2.[U+2]. The van der Waals surface area contributed by atoms with Crippen molar-refractivity contribution in [3.8, 4) is 0 Å². The van der Waals surface area contributed by atoms with Crippen molar-refractivity contribution in [2.45, 2.75) is 52.1 Å². The molecule has 88 valence electrons. The van der Waals surface area contributed by atoms with E-state index < -0.39 is 0 Å². The number of carbonyl (C=O) groups excluding carboxylic acids is 1. The predicted molar refractivity (Wildman–Crippen MR) is 63.2 cm³/mol. The van der Waals surface area contributed by atoms with Gasteiger partial charge >= 0.3 is 31.1 Å². The second-order valence-corrected chi connectivity index (χ2v) is 4.85. The molecule has 0 saturated carbocycles. The summed E-state index contributed by atoms with van der Waals surface area (Å²) in [4.78, 5) is 9.28. The Morgan fingerprint density at radius 1 is 1.44 bits per heavy atom. The van der Waals surface area contributed by atoms with E-state index in [0.717, 1.165) is 18.0 Å². The molecule has 0 aromatic rings. The minimum Gasteiger partial charge on any atom is -0.419 e. The Kier molecular flexibility index (Phi) is 7.89. The predicted octanol–water partition coefficient (Wildman–Crippen LogP) is 2.41. The molecule has 2 rings (SSSR count). The van der Waals surface area contributed by atoms with Gasteiger partial charge in [0.1, 0.15) is 0 Å². The Hall–Kier alpha value is 0.422. The summed E-state index contributed by atoms with van der Waals surface area (Å²) in [6.07, 6.45) is 5.84. The van der Waals surface area contributed by atoms with Crippen LogP contribution < -0.4 is 5.32 Å². The molecule has 0 radical (unpaired) electrons. The fraction of sp³-hybridized carbons (Fsp3) is 0.692. The normalized spacial score (nSPS) is 30.4. The first-order valence-electron chi connectivity index (χ1n) is 5.64. The van der Waals surface area contributed by atoms with Crippen molar-refractivity contribution in [3.05, 3.63) is 18.1 Å². The Bertz CT molecular complexity index is 240. The summed E-state index contributed by atoms with van der Waals surface area (Å²) >= 11 is 0. The molecule has 2 aliphatic rings. The van der Waals surface area contributed by atoms with Gasteiger partial charge in [-0.2, -0.15) is 19.4 Å². The van der Waals surface area contributed by atoms with Gasteiger partial charge in [0.15, 0.2) is 0 Å². The van der Waals surface area contributed by atoms with Gasteiger partial charge in [0.2, 0.25) is 0 Å². The molecule has 0 spiro atoms. The maximum atomic E-state index is 9.28. The third-order valence-electron chi connectivity index (χ3n) is 3.22. The molecule has 2 saturated heterocycles. The number of hydrogen-bond acceptors (Lipinski definition) is 2. The smallest absolute Gasteiger partial charge is 0.419 e. The van der Waals surface area contributed by atoms with Crippen molar-refractivity contribution >= 4 is 6.29 Å². The fourth-order valence-electron chi connectivity index (χ4n) is 2.46. The molecular weight excluding hydrogens is 424 g/mol. The monoisotopic (exact) mass is 445 g/mol. The van der Waals surface area contributed by atoms with Crippen LogP contribution in [0.15, 0.2) is 12.2 Å². The van der Waals surface area contributed by atoms with Gasteiger partial charge in [-0.05, 0) is 25.2 Å². The third-order valence-corrected chi connectivity index (χ3v) is 3.22. The van der Waals surface area contributed by atoms with E-state index in [1.54, 1.807) is 19.1 Å². The summed E-state index contributed by atoms with van der Waals surface area (Å²) in [6, 6.07) is 1.71. The minimum atomic E-state index is 0. The van der Waals surface area contributed by atoms with Crippen LogP contribution in [0, 0.1) is 42.9 Å². The van der Waals surface area contributed by atoms with Crippen LogP contribution in [0.1, 0.15) is 40.0 Å². The molecule has 2 nitrogen and oxygen atoms in total. The largest absolute Gasteiger partial charge is 2.00 e. The van der Waals surface area contributed by atoms with Crippen LogP contribution in [-0.2, 0) is 4.79 Å². The molecule has 0 aromatic carbocycles. The van der Waals surface area contributed by atoms with E-state index in [0.29, 0.717) is 5.57 Å². The molecule has 2 aliphatic heterocycles. The quantitative estimate of drug-likeness (QED) is 0.523. The van der Waals surface area contributed by atoms with Gasteiger partial charge in [-0.1, -0.05) is 13.3 Å². The summed E-state index contributed by atoms with van der Waals surface area (Å²) in [7, 11) is 0. The second kappa shape index (κ2) is 7.69. The van der Waals surface area contributed by atoms with Crippen LogP contribution in [0.5, 0.6) is 0 Å². The van der Waals surface area contributed by atoms with Crippen LogP contribution in [0.25, 0.3) is 0 Å². The first kappa shape index (κ1) is 16.4. The molecule has 0 aromatic heterocycles. The molecule has 2 bridgehead atoms. The van der Waals surface area contributed by atoms with E-state index in [-0.39, 0.29) is 31.1 Å². The average Bonchev–Trinajstić information content (AvgIpc) is 2.79. The van der Waals surface area contributed by atoms with Crippen LogP contribution in [0.2, 0.25) is 0 Å². The van der Waals surface area contributed by atoms with Gasteiger partial charge in [0, 0.05) is 6.04 Å². The Labute approximate surface area is 123 Å². The molecule has 3 unspecified atom stereocenters. The maximum Gasteiger partial charge on any atom is 2.00 e. The first-order valence-corrected chi connectivity index (χ1v) is 5.64. The van der Waals surface area contributed by atoms with E-state index in [4.69, 9.17) is 0 Å². The molecule has 0 aliphatic carbocycles. The Morgan fingerprint density at radius 2 is 2.00 bits per heavy atom. The van der Waals surface area contributed by atoms with E-state index in [9.17, 15) is 4.79 Å². The maximum absolute atomic E-state index is 9.28. The van der Waals surface area contributed by atoms with E-state index in [1.807, 2.05) is 0 Å². The van der Waals surface area contributed by atoms with Gasteiger partial charge < -0.3 is 16.0 Å². The van der Waals surface area contributed by atoms with E-state index in [2.05, 4.69) is 25.7 Å². The van der Waals surface area contributed by atoms with Gasteiger partial charge in [-0.25, -0.2) is 6.58 Å². The Morgan fingerprint density at radius 3 is 2.19 bits per heavy atom. The van der Waals surface area contributed by atoms with Crippen molar-refractivity contribution in [3.63, 3.8) is 0 Å². The molecule has 3 atom stereocenters. The van der Waals surface area contributed by atoms with Crippen molar-refractivity contribution < 1.29 is 35.9 Å². The van der Waals surface area contributed by atoms with Crippen LogP contribution in [-0.4, -0.2) is 18.4 Å². The van der Waals surface area contributed by atoms with E-state index >= 15 is 0 Å². The number of hydrogen-bond donors (Lipinski definition) is 1. The third kappa shape index (κ3) is 4.74. The first-order chi connectivity index (χ1) is 7.04. The molecule has 16 heavy (non-hydrogen) atoms. The fourth-order valence-corrected chi connectivity index (χ4v) is 2.46. The second-order valence-electron chi connectivity index (χ2n) is 4.85. The summed E-state index contributed by atoms with van der Waals surface area (Å²) in [5.41, 5.74) is 0.449. The van der Waals surface area contributed by atoms with Crippen molar-refractivity contribution in [2.75, 3.05) is 0 Å². The zero-order valence-corrected chi connectivity index (χ0v) is 14.6. The van der Waals surface area contributed by atoms with E-state index in [1.165, 1.54) is 19.3 Å². The van der Waals surface area contributed by atoms with Crippen molar-refractivity contribution in [1.82, 2.24) is 5.32 Å². The number of allylic oxidation sites excluding steroid dienone is 1. The molecule has 0 amide bonds. The average molecular weight is 445 g/mol. The molecule has 1 N–H and O–H groups in total. The summed E-state index contributed by atoms with van der Waals surface area (Å²) < 4.78 is 0. The molecule has 3 heteroatoms. The number of rotatable bonds is 2. The zero-order valence-electron chi connectivity index (χ0n) is 10.5. The summed E-state index contributed by atoms with van der Waals surface area (Å²) in [6.45, 7) is 9.40. The molecule has 2 heterocycles. The minimum absolute atomic E-state index is 0. The topological polar surface area (TPSA) is 29.1 Å². The van der Waals surface area contributed by atoms with Crippen LogP contribution >= 0.6 is 0 Å². The van der Waals surface area contributed by atoms with Gasteiger partial charge in [-0.3, -0.25) is 0 Å². The Balaban J connectivity index is 0.000000330. The van der Waals surface area contributed by atoms with Crippen molar-refractivity contribution in [2.24, 2.45) is 5.92 Å². The van der Waals surface area contributed by atoms with Crippen LogP contribution in [0.3, 0.4) is 0 Å². The zero-order chi connectivity index (χ0) is 11.4. The molecular formula is C13H21NOU.